The van der Waals surface area contributed by atoms with E-state index in [2.05, 4.69) is 12.2 Å². The van der Waals surface area contributed by atoms with E-state index in [0.717, 1.165) is 23.9 Å². The monoisotopic (exact) mass is 395 g/mol. The van der Waals surface area contributed by atoms with Gasteiger partial charge in [0.2, 0.25) is 0 Å². The van der Waals surface area contributed by atoms with Gasteiger partial charge in [-0.1, -0.05) is 102 Å². The third kappa shape index (κ3) is 16.0. The molecule has 0 aliphatic rings. The van der Waals surface area contributed by atoms with E-state index < -0.39 is 0 Å². The summed E-state index contributed by atoms with van der Waals surface area (Å²) in [7, 11) is 0. The lowest BCUT2D eigenvalue weighted by Gasteiger charge is -2.07. The first-order valence-electron chi connectivity index (χ1n) is 11.4. The lowest BCUT2D eigenvalue weighted by atomic mass is 10.0. The maximum Gasteiger partial charge on any atom is 0.119 e. The van der Waals surface area contributed by atoms with Crippen LogP contribution >= 0.6 is 11.6 Å². The molecule has 0 saturated carbocycles. The van der Waals surface area contributed by atoms with Crippen molar-refractivity contribution < 1.29 is 4.74 Å². The van der Waals surface area contributed by atoms with Crippen molar-refractivity contribution in [3.05, 3.63) is 29.3 Å². The highest BCUT2D eigenvalue weighted by molar-refractivity contribution is 6.30. The lowest BCUT2D eigenvalue weighted by molar-refractivity contribution is 0.313. The van der Waals surface area contributed by atoms with E-state index in [-0.39, 0.29) is 0 Å². The van der Waals surface area contributed by atoms with Crippen molar-refractivity contribution in [3.8, 4) is 5.75 Å². The van der Waals surface area contributed by atoms with Crippen LogP contribution < -0.4 is 10.1 Å². The fraction of sp³-hybridized carbons (Fsp3) is 0.750. The Kier molecular flexibility index (Phi) is 16.8. The minimum atomic E-state index is 0.709. The summed E-state index contributed by atoms with van der Waals surface area (Å²) in [6, 6.07) is 7.55. The number of benzene rings is 1. The van der Waals surface area contributed by atoms with Crippen LogP contribution in [0.2, 0.25) is 5.02 Å². The maximum absolute atomic E-state index is 5.86. The number of unbranched alkanes of at least 4 members (excludes halogenated alkanes) is 13. The fourth-order valence-electron chi connectivity index (χ4n) is 3.34. The summed E-state index contributed by atoms with van der Waals surface area (Å²) in [6.07, 6.45) is 19.8. The Morgan fingerprint density at radius 2 is 1.15 bits per heavy atom. The Labute approximate surface area is 173 Å². The summed E-state index contributed by atoms with van der Waals surface area (Å²) in [4.78, 5) is 0. The largest absolute Gasteiger partial charge is 0.492 e. The topological polar surface area (TPSA) is 21.3 Å². The average Bonchev–Trinajstić information content (AvgIpc) is 2.68. The van der Waals surface area contributed by atoms with Crippen LogP contribution in [-0.4, -0.2) is 19.7 Å². The predicted molar refractivity (Wildman–Crippen MR) is 120 cm³/mol. The Hall–Kier alpha value is -0.730. The van der Waals surface area contributed by atoms with Gasteiger partial charge in [0, 0.05) is 11.6 Å². The van der Waals surface area contributed by atoms with Crippen LogP contribution in [0.25, 0.3) is 0 Å². The quantitative estimate of drug-likeness (QED) is 0.241. The second-order valence-electron chi connectivity index (χ2n) is 7.65. The van der Waals surface area contributed by atoms with Gasteiger partial charge in [-0.15, -0.1) is 0 Å². The zero-order chi connectivity index (χ0) is 19.4. The van der Waals surface area contributed by atoms with Gasteiger partial charge in [0.1, 0.15) is 12.4 Å². The molecule has 0 heterocycles. The molecule has 0 aliphatic carbocycles. The molecule has 0 atom stereocenters. The maximum atomic E-state index is 5.86. The van der Waals surface area contributed by atoms with E-state index in [9.17, 15) is 0 Å². The van der Waals surface area contributed by atoms with Crippen LogP contribution in [0.1, 0.15) is 96.8 Å². The number of hydrogen-bond donors (Lipinski definition) is 1. The van der Waals surface area contributed by atoms with E-state index in [0.29, 0.717) is 6.61 Å². The van der Waals surface area contributed by atoms with Crippen LogP contribution in [0.5, 0.6) is 5.75 Å². The van der Waals surface area contributed by atoms with Crippen LogP contribution in [0.4, 0.5) is 0 Å². The first-order valence-corrected chi connectivity index (χ1v) is 11.8. The molecule has 0 radical (unpaired) electrons. The first-order chi connectivity index (χ1) is 13.3. The SMILES string of the molecule is CCCCCCCCCCCCCCCCNCCOc1ccc(Cl)cc1. The molecular formula is C24H42ClNO. The summed E-state index contributed by atoms with van der Waals surface area (Å²) in [5, 5.41) is 4.21. The van der Waals surface area contributed by atoms with Crippen molar-refractivity contribution in [2.45, 2.75) is 96.8 Å². The van der Waals surface area contributed by atoms with Gasteiger partial charge in [-0.05, 0) is 37.2 Å². The molecule has 2 nitrogen and oxygen atoms in total. The molecule has 27 heavy (non-hydrogen) atoms. The Morgan fingerprint density at radius 3 is 1.67 bits per heavy atom. The molecule has 1 aromatic carbocycles. The second-order valence-corrected chi connectivity index (χ2v) is 8.09. The van der Waals surface area contributed by atoms with Gasteiger partial charge in [-0.3, -0.25) is 0 Å². The summed E-state index contributed by atoms with van der Waals surface area (Å²) >= 11 is 5.86. The first kappa shape index (κ1) is 24.3. The van der Waals surface area contributed by atoms with Crippen molar-refractivity contribution in [2.75, 3.05) is 19.7 Å². The van der Waals surface area contributed by atoms with Crippen molar-refractivity contribution in [2.24, 2.45) is 0 Å². The summed E-state index contributed by atoms with van der Waals surface area (Å²) < 4.78 is 5.66. The fourth-order valence-corrected chi connectivity index (χ4v) is 3.47. The molecule has 0 saturated heterocycles. The highest BCUT2D eigenvalue weighted by atomic mass is 35.5. The van der Waals surface area contributed by atoms with Crippen LogP contribution in [0.3, 0.4) is 0 Å². The van der Waals surface area contributed by atoms with Crippen molar-refractivity contribution in [1.82, 2.24) is 5.32 Å². The Balaban J connectivity index is 1.71. The minimum Gasteiger partial charge on any atom is -0.492 e. The molecule has 0 spiro atoms. The molecule has 1 N–H and O–H groups in total. The average molecular weight is 396 g/mol. The van der Waals surface area contributed by atoms with Gasteiger partial charge in [-0.2, -0.15) is 0 Å². The van der Waals surface area contributed by atoms with Gasteiger partial charge in [0.15, 0.2) is 0 Å². The van der Waals surface area contributed by atoms with E-state index in [1.165, 1.54) is 89.9 Å². The Morgan fingerprint density at radius 1 is 0.667 bits per heavy atom. The normalized spacial score (nSPS) is 11.0. The van der Waals surface area contributed by atoms with Gasteiger partial charge in [0.25, 0.3) is 0 Å². The zero-order valence-corrected chi connectivity index (χ0v) is 18.4. The number of ether oxygens (including phenoxy) is 1. The molecule has 0 unspecified atom stereocenters. The van der Waals surface area contributed by atoms with E-state index in [1.807, 2.05) is 24.3 Å². The smallest absolute Gasteiger partial charge is 0.119 e. The van der Waals surface area contributed by atoms with Crippen LogP contribution in [0.15, 0.2) is 24.3 Å². The molecule has 0 bridgehead atoms. The molecule has 0 amide bonds. The van der Waals surface area contributed by atoms with Crippen molar-refractivity contribution in [1.29, 1.82) is 0 Å². The summed E-state index contributed by atoms with van der Waals surface area (Å²) in [5.74, 6) is 0.887. The number of nitrogens with one attached hydrogen (secondary N) is 1. The van der Waals surface area contributed by atoms with Gasteiger partial charge < -0.3 is 10.1 Å². The van der Waals surface area contributed by atoms with Gasteiger partial charge >= 0.3 is 0 Å². The molecule has 1 rings (SSSR count). The third-order valence-electron chi connectivity index (χ3n) is 5.07. The molecule has 1 aromatic rings. The van der Waals surface area contributed by atoms with E-state index in [1.54, 1.807) is 0 Å². The summed E-state index contributed by atoms with van der Waals surface area (Å²) in [5.41, 5.74) is 0. The van der Waals surface area contributed by atoms with Crippen LogP contribution in [0, 0.1) is 0 Å². The van der Waals surface area contributed by atoms with Crippen LogP contribution in [-0.2, 0) is 0 Å². The van der Waals surface area contributed by atoms with Gasteiger partial charge in [0.05, 0.1) is 0 Å². The number of rotatable bonds is 19. The lowest BCUT2D eigenvalue weighted by Crippen LogP contribution is -2.22. The highest BCUT2D eigenvalue weighted by Gasteiger charge is 1.96. The number of halogens is 1. The predicted octanol–water partition coefficient (Wildman–Crippen LogP) is 7.79. The molecule has 3 heteroatoms. The molecule has 0 aromatic heterocycles. The second kappa shape index (κ2) is 18.6. The zero-order valence-electron chi connectivity index (χ0n) is 17.6. The van der Waals surface area contributed by atoms with E-state index in [4.69, 9.17) is 16.3 Å². The van der Waals surface area contributed by atoms with E-state index >= 15 is 0 Å². The molecule has 0 aliphatic heterocycles. The highest BCUT2D eigenvalue weighted by Crippen LogP contribution is 2.15. The molecule has 156 valence electrons. The number of hydrogen-bond acceptors (Lipinski definition) is 2. The van der Waals surface area contributed by atoms with Crippen molar-refractivity contribution >= 4 is 11.6 Å². The molecular weight excluding hydrogens is 354 g/mol. The molecule has 0 fully saturated rings. The standard InChI is InChI=1S/C24H42ClNO/c1-2-3-4-5-6-7-8-9-10-11-12-13-14-15-20-26-21-22-27-24-18-16-23(25)17-19-24/h16-19,26H,2-15,20-22H2,1H3. The third-order valence-corrected chi connectivity index (χ3v) is 5.32. The Bertz CT molecular complexity index is 421. The summed E-state index contributed by atoms with van der Waals surface area (Å²) in [6.45, 7) is 5.00. The minimum absolute atomic E-state index is 0.709. The van der Waals surface area contributed by atoms with Gasteiger partial charge in [-0.25, -0.2) is 0 Å². The van der Waals surface area contributed by atoms with Crippen molar-refractivity contribution in [3.63, 3.8) is 0 Å².